The molecule has 1 fully saturated rings. The van der Waals surface area contributed by atoms with Gasteiger partial charge in [-0.1, -0.05) is 49.6 Å². The second-order valence-corrected chi connectivity index (χ2v) is 8.59. The van der Waals surface area contributed by atoms with Gasteiger partial charge in [0.1, 0.15) is 4.88 Å². The van der Waals surface area contributed by atoms with Crippen molar-refractivity contribution in [2.75, 3.05) is 18.5 Å². The lowest BCUT2D eigenvalue weighted by molar-refractivity contribution is -0.680. The number of nitrogens with one attached hydrogen (secondary N) is 1. The van der Waals surface area contributed by atoms with Crippen LogP contribution < -0.4 is 10.6 Å². The van der Waals surface area contributed by atoms with Gasteiger partial charge in [-0.15, -0.1) is 11.3 Å². The molecule has 2 aromatic rings. The highest BCUT2D eigenvalue weighted by Gasteiger charge is 2.21. The number of rotatable bonds is 7. The van der Waals surface area contributed by atoms with Crippen LogP contribution in [0.5, 0.6) is 0 Å². The molecule has 0 spiro atoms. The molecule has 1 aliphatic rings. The largest absolute Gasteiger partial charge is 0.462 e. The Morgan fingerprint density at radius 1 is 1.10 bits per heavy atom. The van der Waals surface area contributed by atoms with Crippen LogP contribution in [-0.2, 0) is 9.53 Å². The van der Waals surface area contributed by atoms with E-state index in [0.29, 0.717) is 29.8 Å². The fourth-order valence-electron chi connectivity index (χ4n) is 3.78. The molecule has 3 rings (SSSR count). The number of anilines is 1. The van der Waals surface area contributed by atoms with E-state index in [1.807, 2.05) is 36.4 Å². The van der Waals surface area contributed by atoms with Gasteiger partial charge in [0.05, 0.1) is 18.3 Å². The van der Waals surface area contributed by atoms with E-state index >= 15 is 0 Å². The van der Waals surface area contributed by atoms with E-state index in [1.165, 1.54) is 56.3 Å². The van der Waals surface area contributed by atoms with E-state index in [2.05, 4.69) is 10.6 Å². The minimum Gasteiger partial charge on any atom is -0.462 e. The van der Waals surface area contributed by atoms with Crippen molar-refractivity contribution in [3.8, 4) is 10.4 Å². The van der Waals surface area contributed by atoms with Gasteiger partial charge < -0.3 is 15.4 Å². The molecule has 0 saturated heterocycles. The summed E-state index contributed by atoms with van der Waals surface area (Å²) in [6.45, 7) is 2.47. The number of hydrogen-bond donors (Lipinski definition) is 2. The fourth-order valence-corrected chi connectivity index (χ4v) is 4.79. The van der Waals surface area contributed by atoms with Crippen molar-refractivity contribution >= 4 is 28.9 Å². The van der Waals surface area contributed by atoms with Crippen LogP contribution in [0.4, 0.5) is 5.69 Å². The SMILES string of the molecule is CCOC(=O)c1sc(-c2ccccc2)cc1NC(=O)C[NH2+]C1CCCCCCC1. The number of amides is 1. The quantitative estimate of drug-likeness (QED) is 0.666. The Bertz CT molecular complexity index is 796. The maximum Gasteiger partial charge on any atom is 0.350 e. The van der Waals surface area contributed by atoms with Crippen LogP contribution >= 0.6 is 11.3 Å². The smallest absolute Gasteiger partial charge is 0.350 e. The molecule has 1 aromatic heterocycles. The van der Waals surface area contributed by atoms with Crippen LogP contribution in [0.2, 0.25) is 0 Å². The summed E-state index contributed by atoms with van der Waals surface area (Å²) in [4.78, 5) is 26.4. The van der Waals surface area contributed by atoms with E-state index in [4.69, 9.17) is 4.74 Å². The van der Waals surface area contributed by atoms with Crippen LogP contribution in [-0.4, -0.2) is 31.1 Å². The standard InChI is InChI=1S/C23H30N2O3S/c1-2-28-23(27)22-19(15-20(29-22)17-11-7-6-8-12-17)25-21(26)16-24-18-13-9-4-3-5-10-14-18/h6-8,11-12,15,18,24H,2-5,9-10,13-14,16H2,1H3,(H,25,26)/p+1. The first-order valence-electron chi connectivity index (χ1n) is 10.7. The number of nitrogens with two attached hydrogens (primary N) is 1. The summed E-state index contributed by atoms with van der Waals surface area (Å²) in [5, 5.41) is 5.11. The third-order valence-corrected chi connectivity index (χ3v) is 6.48. The zero-order chi connectivity index (χ0) is 20.5. The molecule has 156 valence electrons. The van der Waals surface area contributed by atoms with Crippen LogP contribution in [0.3, 0.4) is 0 Å². The molecule has 0 aliphatic heterocycles. The van der Waals surface area contributed by atoms with Crippen molar-refractivity contribution < 1.29 is 19.6 Å². The van der Waals surface area contributed by atoms with Crippen LogP contribution in [0.25, 0.3) is 10.4 Å². The summed E-state index contributed by atoms with van der Waals surface area (Å²) < 4.78 is 5.19. The molecule has 5 nitrogen and oxygen atoms in total. The average Bonchev–Trinajstić information content (AvgIpc) is 3.12. The molecule has 6 heteroatoms. The molecule has 1 aromatic carbocycles. The molecule has 0 unspecified atom stereocenters. The van der Waals surface area contributed by atoms with Gasteiger partial charge in [-0.05, 0) is 44.2 Å². The molecular weight excluding hydrogens is 384 g/mol. The van der Waals surface area contributed by atoms with Crippen molar-refractivity contribution in [2.45, 2.75) is 57.9 Å². The molecule has 0 bridgehead atoms. The maximum atomic E-state index is 12.6. The lowest BCUT2D eigenvalue weighted by atomic mass is 9.97. The normalized spacial score (nSPS) is 15.3. The van der Waals surface area contributed by atoms with Gasteiger partial charge in [-0.2, -0.15) is 0 Å². The van der Waals surface area contributed by atoms with Gasteiger partial charge in [0.15, 0.2) is 6.54 Å². The molecular formula is C23H31N2O3S+. The number of carbonyl (C=O) groups excluding carboxylic acids is 2. The molecule has 1 saturated carbocycles. The number of quaternary nitrogens is 1. The van der Waals surface area contributed by atoms with Crippen molar-refractivity contribution in [3.63, 3.8) is 0 Å². The zero-order valence-corrected chi connectivity index (χ0v) is 17.9. The molecule has 1 heterocycles. The summed E-state index contributed by atoms with van der Waals surface area (Å²) in [5.41, 5.74) is 1.56. The molecule has 0 atom stereocenters. The van der Waals surface area contributed by atoms with Crippen LogP contribution in [0, 0.1) is 0 Å². The number of thiophene rings is 1. The Morgan fingerprint density at radius 3 is 2.48 bits per heavy atom. The first-order valence-corrected chi connectivity index (χ1v) is 11.5. The topological polar surface area (TPSA) is 72.0 Å². The first kappa shape index (κ1) is 21.5. The van der Waals surface area contributed by atoms with E-state index in [9.17, 15) is 9.59 Å². The zero-order valence-electron chi connectivity index (χ0n) is 17.1. The van der Waals surface area contributed by atoms with Gasteiger partial charge in [-0.3, -0.25) is 4.79 Å². The molecule has 3 N–H and O–H groups in total. The summed E-state index contributed by atoms with van der Waals surface area (Å²) in [6.07, 6.45) is 8.80. The molecule has 1 aliphatic carbocycles. The van der Waals surface area contributed by atoms with Crippen LogP contribution in [0.15, 0.2) is 36.4 Å². The highest BCUT2D eigenvalue weighted by molar-refractivity contribution is 7.18. The Kier molecular flexibility index (Phi) is 8.25. The predicted octanol–water partition coefficient (Wildman–Crippen LogP) is 4.21. The number of carbonyl (C=O) groups is 2. The van der Waals surface area contributed by atoms with Crippen molar-refractivity contribution in [1.29, 1.82) is 0 Å². The molecule has 0 radical (unpaired) electrons. The second kappa shape index (κ2) is 11.1. The highest BCUT2D eigenvalue weighted by atomic mass is 32.1. The van der Waals surface area contributed by atoms with E-state index in [1.54, 1.807) is 6.92 Å². The maximum absolute atomic E-state index is 12.6. The lowest BCUT2D eigenvalue weighted by Crippen LogP contribution is -2.91. The Morgan fingerprint density at radius 2 is 1.79 bits per heavy atom. The van der Waals surface area contributed by atoms with Gasteiger partial charge >= 0.3 is 5.97 Å². The Hall–Kier alpha value is -2.18. The van der Waals surface area contributed by atoms with Gasteiger partial charge in [0.25, 0.3) is 5.91 Å². The summed E-state index contributed by atoms with van der Waals surface area (Å²) in [7, 11) is 0. The minimum absolute atomic E-state index is 0.0741. The van der Waals surface area contributed by atoms with E-state index in [-0.39, 0.29) is 11.9 Å². The van der Waals surface area contributed by atoms with E-state index < -0.39 is 0 Å². The number of ether oxygens (including phenoxy) is 1. The molecule has 29 heavy (non-hydrogen) atoms. The third-order valence-electron chi connectivity index (χ3n) is 5.31. The summed E-state index contributed by atoms with van der Waals surface area (Å²) in [6, 6.07) is 12.3. The predicted molar refractivity (Wildman–Crippen MR) is 117 cm³/mol. The minimum atomic E-state index is -0.390. The third kappa shape index (κ3) is 6.41. The summed E-state index contributed by atoms with van der Waals surface area (Å²) >= 11 is 1.35. The fraction of sp³-hybridized carbons (Fsp3) is 0.478. The van der Waals surface area contributed by atoms with Crippen molar-refractivity contribution in [3.05, 3.63) is 41.3 Å². The number of esters is 1. The van der Waals surface area contributed by atoms with Crippen LogP contribution in [0.1, 0.15) is 61.5 Å². The Labute approximate surface area is 176 Å². The summed E-state index contributed by atoms with van der Waals surface area (Å²) in [5.74, 6) is -0.464. The molecule has 1 amide bonds. The van der Waals surface area contributed by atoms with E-state index in [0.717, 1.165) is 10.4 Å². The van der Waals surface area contributed by atoms with Gasteiger partial charge in [0, 0.05) is 4.88 Å². The number of hydrogen-bond acceptors (Lipinski definition) is 4. The average molecular weight is 416 g/mol. The van der Waals surface area contributed by atoms with Crippen molar-refractivity contribution in [2.24, 2.45) is 0 Å². The Balaban J connectivity index is 1.66. The highest BCUT2D eigenvalue weighted by Crippen LogP contribution is 2.35. The van der Waals surface area contributed by atoms with Gasteiger partial charge in [-0.25, -0.2) is 4.79 Å². The first-order chi connectivity index (χ1) is 14.2. The number of benzene rings is 1. The van der Waals surface area contributed by atoms with Gasteiger partial charge in [0.2, 0.25) is 0 Å². The van der Waals surface area contributed by atoms with Crippen molar-refractivity contribution in [1.82, 2.24) is 0 Å². The monoisotopic (exact) mass is 415 g/mol. The second-order valence-electron chi connectivity index (χ2n) is 7.53. The lowest BCUT2D eigenvalue weighted by Gasteiger charge is -2.18.